The lowest BCUT2D eigenvalue weighted by Crippen LogP contribution is -2.05. The van der Waals surface area contributed by atoms with E-state index >= 15 is 0 Å². The molecule has 0 saturated carbocycles. The summed E-state index contributed by atoms with van der Waals surface area (Å²) in [4.78, 5) is 23.1. The van der Waals surface area contributed by atoms with Crippen molar-refractivity contribution in [3.63, 3.8) is 0 Å². The number of carboxylic acid groups (broad SMARTS) is 1. The van der Waals surface area contributed by atoms with Gasteiger partial charge >= 0.3 is 5.97 Å². The summed E-state index contributed by atoms with van der Waals surface area (Å²) in [7, 11) is 1.51. The minimum atomic E-state index is -1.07. The van der Waals surface area contributed by atoms with Crippen LogP contribution in [0.3, 0.4) is 0 Å². The molecule has 0 bridgehead atoms. The van der Waals surface area contributed by atoms with Gasteiger partial charge in [0.1, 0.15) is 11.4 Å². The Hall–Kier alpha value is -2.65. The van der Waals surface area contributed by atoms with Crippen molar-refractivity contribution in [3.8, 4) is 27.4 Å². The Balaban J connectivity index is 0.00000176. The van der Waals surface area contributed by atoms with E-state index in [2.05, 4.69) is 24.1 Å². The van der Waals surface area contributed by atoms with Crippen LogP contribution in [0.4, 0.5) is 10.9 Å². The van der Waals surface area contributed by atoms with Crippen molar-refractivity contribution >= 4 is 62.8 Å². The Morgan fingerprint density at radius 3 is 2.42 bits per heavy atom. The van der Waals surface area contributed by atoms with Gasteiger partial charge in [-0.1, -0.05) is 57.0 Å². The summed E-state index contributed by atoms with van der Waals surface area (Å²) < 4.78 is 5.26. The number of aromatic nitrogens is 2. The summed E-state index contributed by atoms with van der Waals surface area (Å²) in [6.07, 6.45) is 2.44. The maximum atomic E-state index is 12.0. The number of halogens is 2. The van der Waals surface area contributed by atoms with Crippen molar-refractivity contribution in [2.45, 2.75) is 34.1 Å². The summed E-state index contributed by atoms with van der Waals surface area (Å²) >= 11 is 15.7. The van der Waals surface area contributed by atoms with Gasteiger partial charge < -0.3 is 15.2 Å². The van der Waals surface area contributed by atoms with Gasteiger partial charge in [0.15, 0.2) is 10.9 Å². The molecule has 4 rings (SSSR count). The molecule has 0 aliphatic heterocycles. The van der Waals surface area contributed by atoms with E-state index in [1.54, 1.807) is 24.4 Å². The van der Waals surface area contributed by atoms with E-state index in [0.717, 1.165) is 33.0 Å². The van der Waals surface area contributed by atoms with Crippen LogP contribution >= 0.6 is 45.9 Å². The summed E-state index contributed by atoms with van der Waals surface area (Å²) in [5, 5.41) is 16.2. The molecule has 1 aromatic carbocycles. The highest BCUT2D eigenvalue weighted by atomic mass is 35.5. The van der Waals surface area contributed by atoms with Gasteiger partial charge in [0.2, 0.25) is 0 Å². The smallest absolute Gasteiger partial charge is 0.339 e. The number of carboxylic acids is 1. The van der Waals surface area contributed by atoms with Gasteiger partial charge in [0.05, 0.1) is 22.8 Å². The topological polar surface area (TPSA) is 84.3 Å². The largest absolute Gasteiger partial charge is 0.494 e. The van der Waals surface area contributed by atoms with Crippen LogP contribution in [0.5, 0.6) is 5.75 Å². The molecule has 0 saturated heterocycles. The van der Waals surface area contributed by atoms with Gasteiger partial charge in [0, 0.05) is 27.1 Å². The second-order valence-electron chi connectivity index (χ2n) is 7.89. The Morgan fingerprint density at radius 2 is 1.86 bits per heavy atom. The number of aromatic carboxylic acids is 1. The SMILES string of the molecule is CC.COc1c(Cl)cc(-c2nc(Nc3ncc(-c4cccs4)cc3C(=O)O)sc2CC(C)C)cc1Cl. The second kappa shape index (κ2) is 12.5. The van der Waals surface area contributed by atoms with E-state index in [1.165, 1.54) is 29.8 Å². The molecular weight excluding hydrogens is 537 g/mol. The molecule has 0 aliphatic carbocycles. The van der Waals surface area contributed by atoms with Crippen LogP contribution in [-0.4, -0.2) is 28.2 Å². The normalized spacial score (nSPS) is 10.7. The van der Waals surface area contributed by atoms with Gasteiger partial charge in [0.25, 0.3) is 0 Å². The number of thiazole rings is 1. The fraction of sp³-hybridized carbons (Fsp3) is 0.269. The first-order chi connectivity index (χ1) is 17.3. The number of nitrogens with zero attached hydrogens (tertiary/aromatic N) is 2. The first kappa shape index (κ1) is 27.9. The van der Waals surface area contributed by atoms with E-state index in [0.29, 0.717) is 26.8 Å². The molecule has 2 N–H and O–H groups in total. The fourth-order valence-electron chi connectivity index (χ4n) is 3.44. The molecule has 3 heterocycles. The molecule has 0 unspecified atom stereocenters. The molecule has 0 amide bonds. The lowest BCUT2D eigenvalue weighted by Gasteiger charge is -2.09. The van der Waals surface area contributed by atoms with Crippen molar-refractivity contribution < 1.29 is 14.6 Å². The molecule has 0 spiro atoms. The zero-order valence-corrected chi connectivity index (χ0v) is 23.7. The molecule has 6 nitrogen and oxygen atoms in total. The standard InChI is InChI=1S/C24H21Cl2N3O3S2.C2H6/c1-12(2)7-19-20(13-9-16(25)21(32-3)17(26)10-13)28-24(34-19)29-22-15(23(30)31)8-14(11-27-22)18-5-4-6-33-18;1-2/h4-6,8-12H,7H2,1-3H3,(H,30,31)(H,27,28,29);1-2H3. The third-order valence-corrected chi connectivity index (χ3v) is 7.39. The van der Waals surface area contributed by atoms with Gasteiger partial charge in [-0.3, -0.25) is 0 Å². The second-order valence-corrected chi connectivity index (χ2v) is 10.7. The van der Waals surface area contributed by atoms with Crippen LogP contribution in [0.15, 0.2) is 41.9 Å². The maximum absolute atomic E-state index is 12.0. The number of benzene rings is 1. The zero-order valence-electron chi connectivity index (χ0n) is 20.6. The number of hydrogen-bond acceptors (Lipinski definition) is 7. The summed E-state index contributed by atoms with van der Waals surface area (Å²) in [5.74, 6) is -0.0439. The van der Waals surface area contributed by atoms with E-state index in [1.807, 2.05) is 31.4 Å². The van der Waals surface area contributed by atoms with Crippen molar-refractivity contribution in [1.29, 1.82) is 0 Å². The fourth-order valence-corrected chi connectivity index (χ4v) is 5.98. The first-order valence-electron chi connectivity index (χ1n) is 11.3. The van der Waals surface area contributed by atoms with Gasteiger partial charge in [-0.25, -0.2) is 14.8 Å². The minimum absolute atomic E-state index is 0.0728. The number of carbonyl (C=O) groups is 1. The number of anilines is 2. The molecule has 190 valence electrons. The number of hydrogen-bond donors (Lipinski definition) is 2. The first-order valence-corrected chi connectivity index (χ1v) is 13.8. The molecule has 4 aromatic rings. The van der Waals surface area contributed by atoms with Crippen LogP contribution < -0.4 is 10.1 Å². The van der Waals surface area contributed by atoms with Crippen LogP contribution in [0, 0.1) is 5.92 Å². The lowest BCUT2D eigenvalue weighted by atomic mass is 10.0. The van der Waals surface area contributed by atoms with Crippen molar-refractivity contribution in [2.24, 2.45) is 5.92 Å². The van der Waals surface area contributed by atoms with Gasteiger partial charge in [-0.15, -0.1) is 22.7 Å². The molecule has 3 aromatic heterocycles. The van der Waals surface area contributed by atoms with Crippen LogP contribution in [0.25, 0.3) is 21.7 Å². The monoisotopic (exact) mass is 563 g/mol. The highest BCUT2D eigenvalue weighted by Crippen LogP contribution is 2.41. The van der Waals surface area contributed by atoms with Crippen molar-refractivity contribution in [2.75, 3.05) is 12.4 Å². The van der Waals surface area contributed by atoms with Crippen LogP contribution in [-0.2, 0) is 6.42 Å². The molecule has 36 heavy (non-hydrogen) atoms. The minimum Gasteiger partial charge on any atom is -0.494 e. The third-order valence-electron chi connectivity index (χ3n) is 4.92. The number of pyridine rings is 1. The maximum Gasteiger partial charge on any atom is 0.339 e. The molecule has 0 radical (unpaired) electrons. The average Bonchev–Trinajstić information content (AvgIpc) is 3.50. The van der Waals surface area contributed by atoms with E-state index in [9.17, 15) is 9.90 Å². The Labute approximate surface area is 228 Å². The number of nitrogens with one attached hydrogen (secondary N) is 1. The number of ether oxygens (including phenoxy) is 1. The van der Waals surface area contributed by atoms with Crippen LogP contribution in [0.2, 0.25) is 10.0 Å². The molecule has 10 heteroatoms. The number of thiophene rings is 1. The quantitative estimate of drug-likeness (QED) is 0.222. The Bertz CT molecular complexity index is 1320. The predicted molar refractivity (Wildman–Crippen MR) is 152 cm³/mol. The van der Waals surface area contributed by atoms with Gasteiger partial charge in [-0.2, -0.15) is 0 Å². The highest BCUT2D eigenvalue weighted by Gasteiger charge is 2.20. The number of methoxy groups -OCH3 is 1. The molecular formula is C26H27Cl2N3O3S2. The van der Waals surface area contributed by atoms with Crippen molar-refractivity contribution in [3.05, 3.63) is 62.4 Å². The zero-order chi connectivity index (χ0) is 26.4. The van der Waals surface area contributed by atoms with Gasteiger partial charge in [-0.05, 0) is 42.0 Å². The molecule has 0 aliphatic rings. The van der Waals surface area contributed by atoms with Crippen LogP contribution in [0.1, 0.15) is 42.9 Å². The van der Waals surface area contributed by atoms with E-state index in [4.69, 9.17) is 32.9 Å². The Morgan fingerprint density at radius 1 is 1.17 bits per heavy atom. The molecule has 0 fully saturated rings. The molecule has 0 atom stereocenters. The third kappa shape index (κ3) is 6.37. The van der Waals surface area contributed by atoms with Crippen molar-refractivity contribution in [1.82, 2.24) is 9.97 Å². The van der Waals surface area contributed by atoms with E-state index < -0.39 is 5.97 Å². The van der Waals surface area contributed by atoms with E-state index in [-0.39, 0.29) is 11.4 Å². The average molecular weight is 565 g/mol. The predicted octanol–water partition coefficient (Wildman–Crippen LogP) is 8.92. The lowest BCUT2D eigenvalue weighted by molar-refractivity contribution is 0.0697. The summed E-state index contributed by atoms with van der Waals surface area (Å²) in [6, 6.07) is 9.00. The Kier molecular flexibility index (Phi) is 9.73. The summed E-state index contributed by atoms with van der Waals surface area (Å²) in [5.41, 5.74) is 2.32. The number of rotatable bonds is 8. The highest BCUT2D eigenvalue weighted by molar-refractivity contribution is 7.16. The summed E-state index contributed by atoms with van der Waals surface area (Å²) in [6.45, 7) is 8.25.